The average Bonchev–Trinajstić information content (AvgIpc) is 3.48. The number of fused-ring (bicyclic) bond motifs is 1. The zero-order chi connectivity index (χ0) is 20.7. The maximum absolute atomic E-state index is 12.8. The molecule has 0 spiro atoms. The third kappa shape index (κ3) is 3.71. The van der Waals surface area contributed by atoms with Gasteiger partial charge in [0.1, 0.15) is 0 Å². The molecule has 30 heavy (non-hydrogen) atoms. The van der Waals surface area contributed by atoms with Gasteiger partial charge in [0.15, 0.2) is 10.8 Å². The molecule has 2 fully saturated rings. The molecule has 1 saturated carbocycles. The summed E-state index contributed by atoms with van der Waals surface area (Å²) in [6, 6.07) is 8.76. The predicted octanol–water partition coefficient (Wildman–Crippen LogP) is 4.37. The molecule has 2 aliphatic rings. The fraction of sp³-hybridized carbons (Fsp3) is 0.522. The molecule has 3 heterocycles. The van der Waals surface area contributed by atoms with Crippen LogP contribution in [0.15, 0.2) is 24.3 Å². The predicted molar refractivity (Wildman–Crippen MR) is 122 cm³/mol. The lowest BCUT2D eigenvalue weighted by Crippen LogP contribution is -2.45. The first-order chi connectivity index (χ1) is 14.6. The standard InChI is InChI=1S/C23H29N5OS/c1-15-9-11-19(12-10-15)28-21-20(16(2)26-28)30-23(25-21)27-13-5-6-17(14-27)22(29)24-18-7-3-4-8-18/h9-12,17-18H,3-8,13-14H2,1-2H3,(H,24,29)/t17-/m0/s1. The molecular weight excluding hydrogens is 394 g/mol. The van der Waals surface area contributed by atoms with Gasteiger partial charge in [-0.05, 0) is 51.7 Å². The van der Waals surface area contributed by atoms with Crippen LogP contribution in [0.4, 0.5) is 5.13 Å². The van der Waals surface area contributed by atoms with E-state index in [1.165, 1.54) is 18.4 Å². The fourth-order valence-electron chi connectivity index (χ4n) is 4.68. The van der Waals surface area contributed by atoms with E-state index in [0.29, 0.717) is 6.04 Å². The van der Waals surface area contributed by atoms with Crippen molar-refractivity contribution < 1.29 is 4.79 Å². The number of rotatable bonds is 4. The van der Waals surface area contributed by atoms with Gasteiger partial charge >= 0.3 is 0 Å². The molecule has 158 valence electrons. The van der Waals surface area contributed by atoms with Crippen molar-refractivity contribution in [2.75, 3.05) is 18.0 Å². The molecule has 1 aromatic carbocycles. The van der Waals surface area contributed by atoms with Gasteiger partial charge in [0.2, 0.25) is 5.91 Å². The summed E-state index contributed by atoms with van der Waals surface area (Å²) in [6.07, 6.45) is 6.75. The molecule has 5 rings (SSSR count). The smallest absolute Gasteiger partial charge is 0.225 e. The highest BCUT2D eigenvalue weighted by molar-refractivity contribution is 7.22. The van der Waals surface area contributed by atoms with E-state index < -0.39 is 0 Å². The number of carbonyl (C=O) groups is 1. The van der Waals surface area contributed by atoms with Gasteiger partial charge in [-0.1, -0.05) is 41.9 Å². The summed E-state index contributed by atoms with van der Waals surface area (Å²) in [7, 11) is 0. The Hall–Kier alpha value is -2.41. The molecule has 7 heteroatoms. The molecule has 0 bridgehead atoms. The van der Waals surface area contributed by atoms with Crippen molar-refractivity contribution in [2.45, 2.75) is 58.4 Å². The lowest BCUT2D eigenvalue weighted by atomic mass is 9.97. The van der Waals surface area contributed by atoms with Crippen molar-refractivity contribution in [3.05, 3.63) is 35.5 Å². The SMILES string of the molecule is Cc1ccc(-n2nc(C)c3sc(N4CCC[C@H](C(=O)NC5CCCC5)C4)nc32)cc1. The minimum absolute atomic E-state index is 0.0565. The number of benzene rings is 1. The summed E-state index contributed by atoms with van der Waals surface area (Å²) in [6.45, 7) is 5.85. The molecule has 1 atom stereocenters. The number of hydrogen-bond donors (Lipinski definition) is 1. The largest absolute Gasteiger partial charge is 0.353 e. The zero-order valence-electron chi connectivity index (χ0n) is 17.7. The molecular formula is C23H29N5OS. The molecule has 1 saturated heterocycles. The number of aryl methyl sites for hydroxylation is 2. The number of thiazole rings is 1. The molecule has 0 radical (unpaired) electrons. The topological polar surface area (TPSA) is 63.1 Å². The molecule has 0 unspecified atom stereocenters. The molecule has 1 aliphatic heterocycles. The lowest BCUT2D eigenvalue weighted by Gasteiger charge is -2.32. The zero-order valence-corrected chi connectivity index (χ0v) is 18.5. The van der Waals surface area contributed by atoms with Gasteiger partial charge in [0.05, 0.1) is 22.0 Å². The van der Waals surface area contributed by atoms with E-state index in [4.69, 9.17) is 10.1 Å². The minimum atomic E-state index is 0.0565. The Morgan fingerprint density at radius 3 is 2.63 bits per heavy atom. The van der Waals surface area contributed by atoms with Crippen molar-refractivity contribution in [1.29, 1.82) is 0 Å². The van der Waals surface area contributed by atoms with Crippen molar-refractivity contribution >= 4 is 32.7 Å². The fourth-order valence-corrected chi connectivity index (χ4v) is 5.70. The second-order valence-corrected chi connectivity index (χ2v) is 9.73. The monoisotopic (exact) mass is 423 g/mol. The van der Waals surface area contributed by atoms with Crippen LogP contribution in [0.25, 0.3) is 16.0 Å². The number of aromatic nitrogens is 3. The Bertz CT molecular complexity index is 1050. The van der Waals surface area contributed by atoms with Gasteiger partial charge in [-0.15, -0.1) is 0 Å². The number of anilines is 1. The molecule has 1 aliphatic carbocycles. The van der Waals surface area contributed by atoms with Crippen LogP contribution in [-0.4, -0.2) is 39.8 Å². The summed E-state index contributed by atoms with van der Waals surface area (Å²) in [5.74, 6) is 0.288. The van der Waals surface area contributed by atoms with Gasteiger partial charge in [0, 0.05) is 19.1 Å². The Morgan fingerprint density at radius 2 is 1.87 bits per heavy atom. The highest BCUT2D eigenvalue weighted by atomic mass is 32.1. The van der Waals surface area contributed by atoms with Crippen LogP contribution in [0.5, 0.6) is 0 Å². The van der Waals surface area contributed by atoms with Crippen LogP contribution in [0.2, 0.25) is 0 Å². The van der Waals surface area contributed by atoms with E-state index >= 15 is 0 Å². The number of piperidine rings is 1. The van der Waals surface area contributed by atoms with E-state index in [1.54, 1.807) is 11.3 Å². The Kier molecular flexibility index (Phi) is 5.23. The quantitative estimate of drug-likeness (QED) is 0.677. The first-order valence-corrected chi connectivity index (χ1v) is 11.9. The summed E-state index contributed by atoms with van der Waals surface area (Å²) in [5, 5.41) is 9.01. The van der Waals surface area contributed by atoms with E-state index in [9.17, 15) is 4.79 Å². The maximum Gasteiger partial charge on any atom is 0.225 e. The summed E-state index contributed by atoms with van der Waals surface area (Å²) >= 11 is 1.70. The van der Waals surface area contributed by atoms with Crippen molar-refractivity contribution in [2.24, 2.45) is 5.92 Å². The number of carbonyl (C=O) groups excluding carboxylic acids is 1. The Labute approximate surface area is 181 Å². The van der Waals surface area contributed by atoms with E-state index in [-0.39, 0.29) is 11.8 Å². The average molecular weight is 424 g/mol. The number of nitrogens with zero attached hydrogens (tertiary/aromatic N) is 4. The second-order valence-electron chi connectivity index (χ2n) is 8.76. The normalized spacial score (nSPS) is 20.2. The molecule has 2 aromatic heterocycles. The first kappa shape index (κ1) is 19.5. The van der Waals surface area contributed by atoms with Crippen LogP contribution in [0.3, 0.4) is 0 Å². The van der Waals surface area contributed by atoms with Crippen LogP contribution >= 0.6 is 11.3 Å². The van der Waals surface area contributed by atoms with E-state index in [0.717, 1.165) is 65.6 Å². The lowest BCUT2D eigenvalue weighted by molar-refractivity contribution is -0.125. The van der Waals surface area contributed by atoms with E-state index in [1.807, 2.05) is 11.6 Å². The van der Waals surface area contributed by atoms with Crippen LogP contribution < -0.4 is 10.2 Å². The molecule has 6 nitrogen and oxygen atoms in total. The highest BCUT2D eigenvalue weighted by Gasteiger charge is 2.30. The first-order valence-electron chi connectivity index (χ1n) is 11.1. The molecule has 1 N–H and O–H groups in total. The van der Waals surface area contributed by atoms with Crippen LogP contribution in [0, 0.1) is 19.8 Å². The van der Waals surface area contributed by atoms with Gasteiger partial charge in [-0.25, -0.2) is 4.68 Å². The number of amides is 1. The van der Waals surface area contributed by atoms with Crippen molar-refractivity contribution in [1.82, 2.24) is 20.1 Å². The van der Waals surface area contributed by atoms with Gasteiger partial charge in [0.25, 0.3) is 0 Å². The molecule has 1 amide bonds. The Balaban J connectivity index is 1.37. The van der Waals surface area contributed by atoms with Crippen LogP contribution in [-0.2, 0) is 4.79 Å². The van der Waals surface area contributed by atoms with Gasteiger partial charge < -0.3 is 10.2 Å². The van der Waals surface area contributed by atoms with Crippen molar-refractivity contribution in [3.63, 3.8) is 0 Å². The Morgan fingerprint density at radius 1 is 1.10 bits per heavy atom. The molecule has 3 aromatic rings. The second kappa shape index (κ2) is 8.02. The van der Waals surface area contributed by atoms with Gasteiger partial charge in [-0.2, -0.15) is 10.1 Å². The summed E-state index contributed by atoms with van der Waals surface area (Å²) in [4.78, 5) is 20.1. The van der Waals surface area contributed by atoms with Crippen molar-refractivity contribution in [3.8, 4) is 5.69 Å². The van der Waals surface area contributed by atoms with Gasteiger partial charge in [-0.3, -0.25) is 4.79 Å². The number of hydrogen-bond acceptors (Lipinski definition) is 5. The number of nitrogens with one attached hydrogen (secondary N) is 1. The third-order valence-corrected chi connectivity index (χ3v) is 7.63. The minimum Gasteiger partial charge on any atom is -0.353 e. The highest BCUT2D eigenvalue weighted by Crippen LogP contribution is 2.34. The maximum atomic E-state index is 12.8. The summed E-state index contributed by atoms with van der Waals surface area (Å²) in [5.41, 5.74) is 4.17. The van der Waals surface area contributed by atoms with E-state index in [2.05, 4.69) is 41.4 Å². The van der Waals surface area contributed by atoms with Crippen LogP contribution in [0.1, 0.15) is 49.8 Å². The summed E-state index contributed by atoms with van der Waals surface area (Å²) < 4.78 is 3.07. The third-order valence-electron chi connectivity index (χ3n) is 6.42.